The summed E-state index contributed by atoms with van der Waals surface area (Å²) in [5.74, 6) is -0.126. The van der Waals surface area contributed by atoms with Gasteiger partial charge in [-0.1, -0.05) is 11.6 Å². The van der Waals surface area contributed by atoms with E-state index in [-0.39, 0.29) is 5.78 Å². The van der Waals surface area contributed by atoms with Gasteiger partial charge in [0.2, 0.25) is 5.78 Å². The molecule has 116 valence electrons. The van der Waals surface area contributed by atoms with E-state index in [4.69, 9.17) is 17.3 Å². The highest BCUT2D eigenvalue weighted by Gasteiger charge is 2.26. The van der Waals surface area contributed by atoms with Gasteiger partial charge in [0.05, 0.1) is 0 Å². The predicted molar refractivity (Wildman–Crippen MR) is 97.1 cm³/mol. The highest BCUT2D eigenvalue weighted by Crippen LogP contribution is 2.35. The van der Waals surface area contributed by atoms with Crippen LogP contribution in [0.2, 0.25) is 5.02 Å². The van der Waals surface area contributed by atoms with E-state index >= 15 is 0 Å². The van der Waals surface area contributed by atoms with Crippen LogP contribution in [0.15, 0.2) is 53.0 Å². The maximum Gasteiger partial charge on any atom is 0.258 e. The largest absolute Gasteiger partial charge is 0.392 e. The number of rotatable bonds is 3. The molecule has 0 aliphatic carbocycles. The van der Waals surface area contributed by atoms with Crippen LogP contribution in [0.25, 0.3) is 5.69 Å². The number of nitrogens with zero attached hydrogens (tertiary/aromatic N) is 1. The van der Waals surface area contributed by atoms with Crippen molar-refractivity contribution >= 4 is 47.0 Å². The van der Waals surface area contributed by atoms with Crippen molar-refractivity contribution in [3.8, 4) is 5.69 Å². The third-order valence-corrected chi connectivity index (χ3v) is 5.15. The number of nitrogen functional groups attached to an aromatic ring is 1. The SMILES string of the molecule is Cc1ccc[n+](-c2c(S)sc(C(=O)c3ccc(Cl)cc3)c2N)c1. The van der Waals surface area contributed by atoms with Crippen LogP contribution in [0.1, 0.15) is 20.8 Å². The zero-order valence-corrected chi connectivity index (χ0v) is 14.8. The molecule has 0 fully saturated rings. The molecule has 0 aliphatic rings. The van der Waals surface area contributed by atoms with E-state index in [1.165, 1.54) is 11.3 Å². The number of aromatic nitrogens is 1. The van der Waals surface area contributed by atoms with Gasteiger partial charge in [0.1, 0.15) is 14.8 Å². The van der Waals surface area contributed by atoms with Crippen molar-refractivity contribution in [2.24, 2.45) is 0 Å². The van der Waals surface area contributed by atoms with Gasteiger partial charge >= 0.3 is 0 Å². The highest BCUT2D eigenvalue weighted by molar-refractivity contribution is 7.83. The first-order chi connectivity index (χ1) is 11.0. The van der Waals surface area contributed by atoms with Crippen LogP contribution >= 0.6 is 35.6 Å². The summed E-state index contributed by atoms with van der Waals surface area (Å²) < 4.78 is 2.60. The van der Waals surface area contributed by atoms with Crippen molar-refractivity contribution in [2.45, 2.75) is 11.1 Å². The monoisotopic (exact) mass is 361 g/mol. The van der Waals surface area contributed by atoms with Gasteiger partial charge in [0.25, 0.3) is 5.69 Å². The van der Waals surface area contributed by atoms with Gasteiger partial charge in [-0.25, -0.2) is 0 Å². The third-order valence-electron chi connectivity index (χ3n) is 3.42. The molecule has 2 heterocycles. The number of halogens is 1. The fourth-order valence-electron chi connectivity index (χ4n) is 2.31. The molecule has 0 aliphatic heterocycles. The smallest absolute Gasteiger partial charge is 0.258 e. The fourth-order valence-corrected chi connectivity index (χ4v) is 3.86. The number of carbonyl (C=O) groups is 1. The number of nitrogens with two attached hydrogens (primary N) is 1. The van der Waals surface area contributed by atoms with Crippen molar-refractivity contribution in [1.29, 1.82) is 0 Å². The van der Waals surface area contributed by atoms with Crippen LogP contribution in [-0.2, 0) is 0 Å². The van der Waals surface area contributed by atoms with E-state index < -0.39 is 0 Å². The van der Waals surface area contributed by atoms with Crippen molar-refractivity contribution in [2.75, 3.05) is 5.73 Å². The van der Waals surface area contributed by atoms with Gasteiger partial charge in [-0.3, -0.25) is 4.79 Å². The molecule has 0 saturated carbocycles. The number of benzene rings is 1. The average molecular weight is 362 g/mol. The summed E-state index contributed by atoms with van der Waals surface area (Å²) in [4.78, 5) is 13.2. The van der Waals surface area contributed by atoms with Crippen LogP contribution in [0, 0.1) is 6.92 Å². The number of thiophene rings is 1. The number of hydrogen-bond donors (Lipinski definition) is 2. The number of ketones is 1. The van der Waals surface area contributed by atoms with E-state index in [1.807, 2.05) is 36.0 Å². The molecule has 0 atom stereocenters. The molecule has 2 N–H and O–H groups in total. The van der Waals surface area contributed by atoms with Gasteiger partial charge in [0, 0.05) is 22.2 Å². The van der Waals surface area contributed by atoms with Crippen molar-refractivity contribution in [1.82, 2.24) is 0 Å². The van der Waals surface area contributed by atoms with E-state index in [0.29, 0.717) is 25.4 Å². The topological polar surface area (TPSA) is 47.0 Å². The second kappa shape index (κ2) is 6.35. The van der Waals surface area contributed by atoms with E-state index in [1.54, 1.807) is 24.3 Å². The Morgan fingerprint density at radius 2 is 1.96 bits per heavy atom. The molecule has 2 aromatic heterocycles. The fraction of sp³-hybridized carbons (Fsp3) is 0.0588. The number of carbonyl (C=O) groups excluding carboxylic acids is 1. The van der Waals surface area contributed by atoms with E-state index in [9.17, 15) is 4.79 Å². The summed E-state index contributed by atoms with van der Waals surface area (Å²) in [7, 11) is 0. The lowest BCUT2D eigenvalue weighted by atomic mass is 10.1. The number of aryl methyl sites for hydroxylation is 1. The van der Waals surface area contributed by atoms with Crippen LogP contribution < -0.4 is 10.3 Å². The summed E-state index contributed by atoms with van der Waals surface area (Å²) in [6, 6.07) is 10.7. The Labute approximate surface area is 148 Å². The minimum atomic E-state index is -0.126. The number of hydrogen-bond acceptors (Lipinski definition) is 4. The Kier molecular flexibility index (Phi) is 4.43. The summed E-state index contributed by atoms with van der Waals surface area (Å²) in [6.45, 7) is 2.00. The van der Waals surface area contributed by atoms with Crippen LogP contribution in [0.5, 0.6) is 0 Å². The second-order valence-electron chi connectivity index (χ2n) is 5.12. The van der Waals surface area contributed by atoms with Crippen LogP contribution in [0.4, 0.5) is 5.69 Å². The highest BCUT2D eigenvalue weighted by atomic mass is 35.5. The van der Waals surface area contributed by atoms with Crippen LogP contribution in [-0.4, -0.2) is 5.78 Å². The van der Waals surface area contributed by atoms with Gasteiger partial charge in [-0.15, -0.1) is 24.0 Å². The molecule has 6 heteroatoms. The summed E-state index contributed by atoms with van der Waals surface area (Å²) in [5.41, 5.74) is 9.07. The second-order valence-corrected chi connectivity index (χ2v) is 7.33. The summed E-state index contributed by atoms with van der Waals surface area (Å²) in [5, 5.41) is 0.589. The molecule has 3 nitrogen and oxygen atoms in total. The minimum Gasteiger partial charge on any atom is -0.392 e. The molecule has 23 heavy (non-hydrogen) atoms. The van der Waals surface area contributed by atoms with Gasteiger partial charge in [-0.2, -0.15) is 4.57 Å². The predicted octanol–water partition coefficient (Wildman–Crippen LogP) is 4.09. The first-order valence-electron chi connectivity index (χ1n) is 6.87. The van der Waals surface area contributed by atoms with E-state index in [2.05, 4.69) is 12.6 Å². The van der Waals surface area contributed by atoms with Crippen molar-refractivity contribution in [3.63, 3.8) is 0 Å². The van der Waals surface area contributed by atoms with Crippen molar-refractivity contribution < 1.29 is 9.36 Å². The van der Waals surface area contributed by atoms with Crippen LogP contribution in [0.3, 0.4) is 0 Å². The molecule has 3 rings (SSSR count). The van der Waals surface area contributed by atoms with E-state index in [0.717, 1.165) is 11.3 Å². The van der Waals surface area contributed by atoms with Gasteiger partial charge < -0.3 is 5.73 Å². The van der Waals surface area contributed by atoms with Crippen molar-refractivity contribution in [3.05, 3.63) is 69.8 Å². The molecule has 0 radical (unpaired) electrons. The first-order valence-corrected chi connectivity index (χ1v) is 8.51. The maximum absolute atomic E-state index is 12.7. The molecule has 1 aromatic carbocycles. The Morgan fingerprint density at radius 1 is 1.26 bits per heavy atom. The van der Waals surface area contributed by atoms with Gasteiger partial charge in [-0.05, 0) is 37.3 Å². The lowest BCUT2D eigenvalue weighted by molar-refractivity contribution is -0.597. The molecular weight excluding hydrogens is 348 g/mol. The maximum atomic E-state index is 12.7. The number of pyridine rings is 1. The lowest BCUT2D eigenvalue weighted by Crippen LogP contribution is -2.31. The number of anilines is 1. The Morgan fingerprint density at radius 3 is 2.61 bits per heavy atom. The quantitative estimate of drug-likeness (QED) is 0.419. The minimum absolute atomic E-state index is 0.126. The first kappa shape index (κ1) is 16.1. The zero-order chi connectivity index (χ0) is 16.6. The Hall–Kier alpha value is -1.82. The molecular formula is C17H14ClN2OS2+. The van der Waals surface area contributed by atoms with Gasteiger partial charge in [0.15, 0.2) is 12.4 Å². The normalized spacial score (nSPS) is 10.7. The third kappa shape index (κ3) is 3.13. The molecule has 0 saturated heterocycles. The summed E-state index contributed by atoms with van der Waals surface area (Å²) >= 11 is 11.7. The molecule has 3 aromatic rings. The Balaban J connectivity index is 2.07. The molecule has 0 unspecified atom stereocenters. The number of thiol groups is 1. The average Bonchev–Trinajstić information content (AvgIpc) is 2.82. The summed E-state index contributed by atoms with van der Waals surface area (Å²) in [6.07, 6.45) is 3.84. The molecule has 0 spiro atoms. The zero-order valence-electron chi connectivity index (χ0n) is 12.3. The Bertz CT molecular complexity index is 888. The standard InChI is InChI=1S/C17H13ClN2OS2/c1-10-3-2-8-20(9-10)14-13(19)16(23-17(14)22)15(21)11-4-6-12(18)7-5-11/h2-9H,1H3,(H2-,19,21,22)/p+1. The lowest BCUT2D eigenvalue weighted by Gasteiger charge is -2.00. The molecule has 0 amide bonds. The molecule has 0 bridgehead atoms.